The highest BCUT2D eigenvalue weighted by Crippen LogP contribution is 2.22. The van der Waals surface area contributed by atoms with Gasteiger partial charge in [-0.05, 0) is 43.2 Å². The van der Waals surface area contributed by atoms with Crippen molar-refractivity contribution in [3.8, 4) is 11.5 Å². The number of rotatable bonds is 9. The third kappa shape index (κ3) is 6.04. The lowest BCUT2D eigenvalue weighted by molar-refractivity contribution is -0.123. The Balaban J connectivity index is 1.92. The van der Waals surface area contributed by atoms with Crippen molar-refractivity contribution in [2.24, 2.45) is 5.10 Å². The number of allylic oxidation sites excluding steroid dienone is 1. The number of hydrogen-bond donors (Lipinski definition) is 1. The Morgan fingerprint density at radius 3 is 2.81 bits per heavy atom. The molecule has 0 aliphatic heterocycles. The number of hydrogen-bond acceptors (Lipinski definition) is 4. The minimum atomic E-state index is -0.345. The van der Waals surface area contributed by atoms with E-state index in [2.05, 4.69) is 33.0 Å². The molecule has 0 bridgehead atoms. The number of nitrogens with one attached hydrogen (secondary N) is 1. The van der Waals surface area contributed by atoms with Gasteiger partial charge in [-0.3, -0.25) is 4.79 Å². The summed E-state index contributed by atoms with van der Waals surface area (Å²) in [7, 11) is 0. The molecule has 2 aromatic rings. The van der Waals surface area contributed by atoms with E-state index in [-0.39, 0.29) is 12.5 Å². The van der Waals surface area contributed by atoms with Gasteiger partial charge in [-0.2, -0.15) is 5.10 Å². The highest BCUT2D eigenvalue weighted by molar-refractivity contribution is 9.10. The van der Waals surface area contributed by atoms with Gasteiger partial charge < -0.3 is 9.47 Å². The molecule has 1 N–H and O–H groups in total. The average Bonchev–Trinajstić information content (AvgIpc) is 2.63. The van der Waals surface area contributed by atoms with E-state index >= 15 is 0 Å². The minimum absolute atomic E-state index is 0.123. The van der Waals surface area contributed by atoms with Gasteiger partial charge in [0.1, 0.15) is 11.5 Å². The maximum atomic E-state index is 11.9. The Morgan fingerprint density at radius 1 is 1.23 bits per heavy atom. The lowest BCUT2D eigenvalue weighted by Crippen LogP contribution is -2.24. The zero-order valence-corrected chi connectivity index (χ0v) is 16.2. The fourth-order valence-corrected chi connectivity index (χ4v) is 2.60. The number of ether oxygens (including phenoxy) is 2. The molecular formula is C20H21BrN2O3. The topological polar surface area (TPSA) is 59.9 Å². The van der Waals surface area contributed by atoms with Crippen LogP contribution < -0.4 is 14.9 Å². The van der Waals surface area contributed by atoms with Crippen LogP contribution in [0.5, 0.6) is 11.5 Å². The Hall–Kier alpha value is -2.60. The molecule has 26 heavy (non-hydrogen) atoms. The molecule has 0 spiro atoms. The number of benzene rings is 2. The zero-order valence-electron chi connectivity index (χ0n) is 14.6. The summed E-state index contributed by atoms with van der Waals surface area (Å²) in [5.74, 6) is 1.02. The molecule has 1 amide bonds. The van der Waals surface area contributed by atoms with Crippen LogP contribution in [0, 0.1) is 0 Å². The van der Waals surface area contributed by atoms with Gasteiger partial charge in [0.15, 0.2) is 6.61 Å². The first-order chi connectivity index (χ1) is 12.6. The average molecular weight is 417 g/mol. The predicted molar refractivity (Wildman–Crippen MR) is 107 cm³/mol. The first kappa shape index (κ1) is 19.7. The van der Waals surface area contributed by atoms with Gasteiger partial charge in [0, 0.05) is 10.0 Å². The second-order valence-electron chi connectivity index (χ2n) is 5.30. The smallest absolute Gasteiger partial charge is 0.277 e. The third-order valence-electron chi connectivity index (χ3n) is 3.36. The molecule has 2 aromatic carbocycles. The monoisotopic (exact) mass is 416 g/mol. The van der Waals surface area contributed by atoms with Crippen LogP contribution in [0.25, 0.3) is 0 Å². The molecule has 0 unspecified atom stereocenters. The van der Waals surface area contributed by atoms with E-state index in [9.17, 15) is 4.79 Å². The van der Waals surface area contributed by atoms with Gasteiger partial charge in [-0.1, -0.05) is 40.2 Å². The molecule has 136 valence electrons. The lowest BCUT2D eigenvalue weighted by Gasteiger charge is -2.09. The van der Waals surface area contributed by atoms with Gasteiger partial charge in [0.25, 0.3) is 5.91 Å². The Labute approximate surface area is 161 Å². The molecule has 0 saturated heterocycles. The van der Waals surface area contributed by atoms with Crippen molar-refractivity contribution in [3.05, 3.63) is 70.7 Å². The fourth-order valence-electron chi connectivity index (χ4n) is 2.23. The van der Waals surface area contributed by atoms with Crippen molar-refractivity contribution in [2.45, 2.75) is 13.3 Å². The molecule has 0 saturated carbocycles. The molecule has 0 aromatic heterocycles. The van der Waals surface area contributed by atoms with Crippen LogP contribution in [0.3, 0.4) is 0 Å². The highest BCUT2D eigenvalue weighted by atomic mass is 79.9. The summed E-state index contributed by atoms with van der Waals surface area (Å²) >= 11 is 3.41. The quantitative estimate of drug-likeness (QED) is 0.380. The van der Waals surface area contributed by atoms with Crippen LogP contribution in [0.4, 0.5) is 0 Å². The van der Waals surface area contributed by atoms with E-state index in [1.54, 1.807) is 12.3 Å². The van der Waals surface area contributed by atoms with Crippen LogP contribution in [0.15, 0.2) is 64.7 Å². The number of hydrazone groups is 1. The van der Waals surface area contributed by atoms with Crippen molar-refractivity contribution < 1.29 is 14.3 Å². The number of amides is 1. The van der Waals surface area contributed by atoms with Crippen LogP contribution in [0.1, 0.15) is 18.1 Å². The van der Waals surface area contributed by atoms with Crippen LogP contribution in [-0.4, -0.2) is 25.3 Å². The van der Waals surface area contributed by atoms with E-state index in [0.717, 1.165) is 15.6 Å². The summed E-state index contributed by atoms with van der Waals surface area (Å²) in [6.45, 7) is 6.06. The highest BCUT2D eigenvalue weighted by Gasteiger charge is 2.06. The van der Waals surface area contributed by atoms with E-state index in [1.807, 2.05) is 49.4 Å². The largest absolute Gasteiger partial charge is 0.493 e. The molecule has 0 aliphatic rings. The number of nitrogens with zero attached hydrogens (tertiary/aromatic N) is 1. The standard InChI is InChI=1S/C20H21BrN2O3/c1-3-7-15-8-5-6-9-18(15)26-14-20(24)23-22-13-16-12-17(21)10-11-19(16)25-4-2/h3,5-6,8-13H,1,4,7,14H2,2H3,(H,23,24)/b22-13+. The Morgan fingerprint density at radius 2 is 2.04 bits per heavy atom. The second-order valence-corrected chi connectivity index (χ2v) is 6.21. The maximum Gasteiger partial charge on any atom is 0.277 e. The van der Waals surface area contributed by atoms with Crippen molar-refractivity contribution in [1.82, 2.24) is 5.43 Å². The normalized spacial score (nSPS) is 10.5. The number of halogens is 1. The summed E-state index contributed by atoms with van der Waals surface area (Å²) in [6, 6.07) is 13.1. The number of carbonyl (C=O) groups excluding carboxylic acids is 1. The van der Waals surface area contributed by atoms with Gasteiger partial charge in [0.2, 0.25) is 0 Å². The fraction of sp³-hybridized carbons (Fsp3) is 0.200. The molecule has 5 nitrogen and oxygen atoms in total. The Bertz CT molecular complexity index is 790. The minimum Gasteiger partial charge on any atom is -0.493 e. The summed E-state index contributed by atoms with van der Waals surface area (Å²) in [4.78, 5) is 11.9. The van der Waals surface area contributed by atoms with E-state index in [1.165, 1.54) is 0 Å². The van der Waals surface area contributed by atoms with E-state index in [0.29, 0.717) is 24.5 Å². The zero-order chi connectivity index (χ0) is 18.8. The molecule has 2 rings (SSSR count). The number of para-hydroxylation sites is 1. The molecular weight excluding hydrogens is 396 g/mol. The van der Waals surface area contributed by atoms with Gasteiger partial charge in [-0.15, -0.1) is 6.58 Å². The van der Waals surface area contributed by atoms with E-state index < -0.39 is 0 Å². The molecule has 0 fully saturated rings. The molecule has 0 aliphatic carbocycles. The summed E-state index contributed by atoms with van der Waals surface area (Å²) in [6.07, 6.45) is 4.01. The van der Waals surface area contributed by atoms with Crippen molar-refractivity contribution >= 4 is 28.1 Å². The SMILES string of the molecule is C=CCc1ccccc1OCC(=O)N/N=C/c1cc(Br)ccc1OCC. The van der Waals surface area contributed by atoms with Crippen molar-refractivity contribution in [2.75, 3.05) is 13.2 Å². The third-order valence-corrected chi connectivity index (χ3v) is 3.85. The summed E-state index contributed by atoms with van der Waals surface area (Å²) < 4.78 is 12.0. The maximum absolute atomic E-state index is 11.9. The molecule has 0 heterocycles. The Kier molecular flexibility index (Phi) is 7.89. The van der Waals surface area contributed by atoms with E-state index in [4.69, 9.17) is 9.47 Å². The van der Waals surface area contributed by atoms with Gasteiger partial charge >= 0.3 is 0 Å². The van der Waals surface area contributed by atoms with Crippen LogP contribution in [0.2, 0.25) is 0 Å². The van der Waals surface area contributed by atoms with Crippen molar-refractivity contribution in [3.63, 3.8) is 0 Å². The summed E-state index contributed by atoms with van der Waals surface area (Å²) in [5, 5.41) is 3.98. The van der Waals surface area contributed by atoms with Gasteiger partial charge in [0.05, 0.1) is 12.8 Å². The molecule has 0 radical (unpaired) electrons. The number of carbonyl (C=O) groups is 1. The molecule has 6 heteroatoms. The predicted octanol–water partition coefficient (Wildman–Crippen LogP) is 4.11. The van der Waals surface area contributed by atoms with Crippen LogP contribution >= 0.6 is 15.9 Å². The summed E-state index contributed by atoms with van der Waals surface area (Å²) in [5.41, 5.74) is 4.20. The van der Waals surface area contributed by atoms with Crippen LogP contribution in [-0.2, 0) is 11.2 Å². The lowest BCUT2D eigenvalue weighted by atomic mass is 10.1. The van der Waals surface area contributed by atoms with Crippen molar-refractivity contribution in [1.29, 1.82) is 0 Å². The first-order valence-electron chi connectivity index (χ1n) is 8.20. The first-order valence-corrected chi connectivity index (χ1v) is 8.99. The second kappa shape index (κ2) is 10.4. The molecule has 0 atom stereocenters. The van der Waals surface area contributed by atoms with Gasteiger partial charge in [-0.25, -0.2) is 5.43 Å².